The SMILES string of the molecule is O=C(NCc1cccs1)c1ccccc1-c1ncc(-c2ccccc2)o1. The lowest BCUT2D eigenvalue weighted by atomic mass is 10.1. The van der Waals surface area contributed by atoms with Crippen LogP contribution < -0.4 is 5.32 Å². The second kappa shape index (κ2) is 7.37. The van der Waals surface area contributed by atoms with Gasteiger partial charge in [0.05, 0.1) is 18.3 Å². The predicted octanol–water partition coefficient (Wildman–Crippen LogP) is 5.00. The van der Waals surface area contributed by atoms with E-state index in [1.807, 2.05) is 66.0 Å². The van der Waals surface area contributed by atoms with Gasteiger partial charge in [0, 0.05) is 16.0 Å². The van der Waals surface area contributed by atoms with Gasteiger partial charge in [0.1, 0.15) is 0 Å². The van der Waals surface area contributed by atoms with Gasteiger partial charge in [-0.25, -0.2) is 4.98 Å². The highest BCUT2D eigenvalue weighted by Gasteiger charge is 2.16. The van der Waals surface area contributed by atoms with Crippen molar-refractivity contribution in [3.8, 4) is 22.8 Å². The van der Waals surface area contributed by atoms with Crippen molar-refractivity contribution in [1.82, 2.24) is 10.3 Å². The first kappa shape index (κ1) is 16.3. The van der Waals surface area contributed by atoms with E-state index in [1.165, 1.54) is 0 Å². The van der Waals surface area contributed by atoms with Crippen LogP contribution in [0.4, 0.5) is 0 Å². The second-order valence-corrected chi connectivity index (χ2v) is 6.74. The molecule has 4 rings (SSSR count). The van der Waals surface area contributed by atoms with Crippen LogP contribution in [0.25, 0.3) is 22.8 Å². The first-order valence-electron chi connectivity index (χ1n) is 8.22. The van der Waals surface area contributed by atoms with Crippen LogP contribution in [0.3, 0.4) is 0 Å². The van der Waals surface area contributed by atoms with Gasteiger partial charge in [-0.05, 0) is 23.6 Å². The number of oxazole rings is 1. The Hall–Kier alpha value is -3.18. The maximum atomic E-state index is 12.6. The van der Waals surface area contributed by atoms with Gasteiger partial charge in [-0.3, -0.25) is 4.79 Å². The van der Waals surface area contributed by atoms with Crippen LogP contribution >= 0.6 is 11.3 Å². The first-order chi connectivity index (χ1) is 12.8. The molecule has 0 atom stereocenters. The van der Waals surface area contributed by atoms with Crippen molar-refractivity contribution in [2.75, 3.05) is 0 Å². The highest BCUT2D eigenvalue weighted by Crippen LogP contribution is 2.28. The Kier molecular flexibility index (Phi) is 4.62. The molecule has 1 amide bonds. The molecule has 0 spiro atoms. The molecule has 4 aromatic rings. The summed E-state index contributed by atoms with van der Waals surface area (Å²) in [5.74, 6) is 0.966. The largest absolute Gasteiger partial charge is 0.436 e. The van der Waals surface area contributed by atoms with Crippen molar-refractivity contribution < 1.29 is 9.21 Å². The summed E-state index contributed by atoms with van der Waals surface area (Å²) in [6.07, 6.45) is 1.69. The van der Waals surface area contributed by atoms with Crippen molar-refractivity contribution in [2.24, 2.45) is 0 Å². The van der Waals surface area contributed by atoms with Crippen LogP contribution in [0, 0.1) is 0 Å². The fourth-order valence-corrected chi connectivity index (χ4v) is 3.32. The molecule has 0 aliphatic carbocycles. The Labute approximate surface area is 155 Å². The Balaban J connectivity index is 1.60. The van der Waals surface area contributed by atoms with Crippen LogP contribution in [0.2, 0.25) is 0 Å². The zero-order valence-corrected chi connectivity index (χ0v) is 14.7. The van der Waals surface area contributed by atoms with E-state index in [4.69, 9.17) is 4.42 Å². The maximum Gasteiger partial charge on any atom is 0.252 e. The molecule has 0 aliphatic rings. The van der Waals surface area contributed by atoms with E-state index in [0.29, 0.717) is 29.3 Å². The number of nitrogens with zero attached hydrogens (tertiary/aromatic N) is 1. The Morgan fingerprint density at radius 1 is 1.00 bits per heavy atom. The quantitative estimate of drug-likeness (QED) is 0.545. The number of benzene rings is 2. The first-order valence-corrected chi connectivity index (χ1v) is 9.10. The monoisotopic (exact) mass is 360 g/mol. The molecule has 0 saturated heterocycles. The van der Waals surface area contributed by atoms with E-state index in [9.17, 15) is 4.79 Å². The van der Waals surface area contributed by atoms with Crippen LogP contribution in [0.1, 0.15) is 15.2 Å². The fourth-order valence-electron chi connectivity index (χ4n) is 2.68. The van der Waals surface area contributed by atoms with E-state index in [-0.39, 0.29) is 5.91 Å². The molecule has 0 aliphatic heterocycles. The van der Waals surface area contributed by atoms with Crippen molar-refractivity contribution in [1.29, 1.82) is 0 Å². The lowest BCUT2D eigenvalue weighted by molar-refractivity contribution is 0.0951. The zero-order valence-electron chi connectivity index (χ0n) is 13.9. The van der Waals surface area contributed by atoms with E-state index in [2.05, 4.69) is 10.3 Å². The zero-order chi connectivity index (χ0) is 17.8. The molecule has 2 aromatic heterocycles. The van der Waals surface area contributed by atoms with E-state index >= 15 is 0 Å². The van der Waals surface area contributed by atoms with Gasteiger partial charge in [-0.2, -0.15) is 0 Å². The Bertz CT molecular complexity index is 1010. The van der Waals surface area contributed by atoms with Gasteiger partial charge >= 0.3 is 0 Å². The Morgan fingerprint density at radius 2 is 1.81 bits per heavy atom. The summed E-state index contributed by atoms with van der Waals surface area (Å²) in [6.45, 7) is 0.506. The molecule has 0 saturated carbocycles. The molecule has 2 aromatic carbocycles. The summed E-state index contributed by atoms with van der Waals surface area (Å²) in [4.78, 5) is 18.1. The summed E-state index contributed by atoms with van der Waals surface area (Å²) in [7, 11) is 0. The highest BCUT2D eigenvalue weighted by molar-refractivity contribution is 7.09. The number of carbonyl (C=O) groups excluding carboxylic acids is 1. The molecule has 2 heterocycles. The predicted molar refractivity (Wildman–Crippen MR) is 103 cm³/mol. The van der Waals surface area contributed by atoms with E-state index < -0.39 is 0 Å². The van der Waals surface area contributed by atoms with Crippen molar-refractivity contribution in [3.05, 3.63) is 88.7 Å². The van der Waals surface area contributed by atoms with Crippen molar-refractivity contribution in [3.63, 3.8) is 0 Å². The second-order valence-electron chi connectivity index (χ2n) is 5.70. The van der Waals surface area contributed by atoms with E-state index in [1.54, 1.807) is 23.6 Å². The van der Waals surface area contributed by atoms with Gasteiger partial charge in [0.15, 0.2) is 5.76 Å². The van der Waals surface area contributed by atoms with Gasteiger partial charge in [0.25, 0.3) is 5.91 Å². The van der Waals surface area contributed by atoms with Gasteiger partial charge in [0.2, 0.25) is 5.89 Å². The van der Waals surface area contributed by atoms with Crippen LogP contribution in [-0.4, -0.2) is 10.9 Å². The summed E-state index contributed by atoms with van der Waals surface area (Å²) in [5, 5.41) is 4.95. The fraction of sp³-hybridized carbons (Fsp3) is 0.0476. The summed E-state index contributed by atoms with van der Waals surface area (Å²) in [5.41, 5.74) is 2.18. The number of amides is 1. The maximum absolute atomic E-state index is 12.6. The molecule has 0 fully saturated rings. The standard InChI is InChI=1S/C21H16N2O2S/c24-20(22-13-16-9-6-12-26-16)17-10-4-5-11-18(17)21-23-14-19(25-21)15-7-2-1-3-8-15/h1-12,14H,13H2,(H,22,24). The summed E-state index contributed by atoms with van der Waals surface area (Å²) in [6, 6.07) is 21.1. The minimum absolute atomic E-state index is 0.145. The van der Waals surface area contributed by atoms with Crippen molar-refractivity contribution in [2.45, 2.75) is 6.54 Å². The van der Waals surface area contributed by atoms with Crippen LogP contribution in [0.5, 0.6) is 0 Å². The number of hydrogen-bond donors (Lipinski definition) is 1. The summed E-state index contributed by atoms with van der Waals surface area (Å²) >= 11 is 1.62. The molecule has 26 heavy (non-hydrogen) atoms. The Morgan fingerprint density at radius 3 is 2.62 bits per heavy atom. The van der Waals surface area contributed by atoms with Crippen LogP contribution in [-0.2, 0) is 6.54 Å². The lowest BCUT2D eigenvalue weighted by Crippen LogP contribution is -2.22. The average Bonchev–Trinajstić information content (AvgIpc) is 3.39. The van der Waals surface area contributed by atoms with E-state index in [0.717, 1.165) is 10.4 Å². The highest BCUT2D eigenvalue weighted by atomic mass is 32.1. The minimum atomic E-state index is -0.145. The molecule has 0 radical (unpaired) electrons. The molecular weight excluding hydrogens is 344 g/mol. The molecule has 0 unspecified atom stereocenters. The van der Waals surface area contributed by atoms with Gasteiger partial charge in [-0.1, -0.05) is 48.5 Å². The topological polar surface area (TPSA) is 55.1 Å². The number of thiophene rings is 1. The molecule has 1 N–H and O–H groups in total. The third-order valence-corrected chi connectivity index (χ3v) is 4.85. The third-order valence-electron chi connectivity index (χ3n) is 3.97. The number of aromatic nitrogens is 1. The minimum Gasteiger partial charge on any atom is -0.436 e. The smallest absolute Gasteiger partial charge is 0.252 e. The molecule has 128 valence electrons. The number of hydrogen-bond acceptors (Lipinski definition) is 4. The molecule has 4 nitrogen and oxygen atoms in total. The van der Waals surface area contributed by atoms with Gasteiger partial charge in [-0.15, -0.1) is 11.3 Å². The van der Waals surface area contributed by atoms with Crippen LogP contribution in [0.15, 0.2) is 82.7 Å². The average molecular weight is 360 g/mol. The normalized spacial score (nSPS) is 10.6. The molecule has 0 bridgehead atoms. The van der Waals surface area contributed by atoms with Crippen molar-refractivity contribution >= 4 is 17.2 Å². The molecular formula is C21H16N2O2S. The van der Waals surface area contributed by atoms with Gasteiger partial charge < -0.3 is 9.73 Å². The molecule has 5 heteroatoms. The lowest BCUT2D eigenvalue weighted by Gasteiger charge is -2.07. The summed E-state index contributed by atoms with van der Waals surface area (Å²) < 4.78 is 5.91. The number of carbonyl (C=O) groups is 1. The number of nitrogens with one attached hydrogen (secondary N) is 1. The third kappa shape index (κ3) is 3.43. The number of rotatable bonds is 5.